The van der Waals surface area contributed by atoms with Gasteiger partial charge in [0, 0.05) is 45.1 Å². The van der Waals surface area contributed by atoms with E-state index in [4.69, 9.17) is 9.47 Å². The van der Waals surface area contributed by atoms with Crippen LogP contribution >= 0.6 is 0 Å². The molecular formula is C24H31FN3O3+. The van der Waals surface area contributed by atoms with E-state index in [2.05, 4.69) is 6.07 Å². The third-order valence-corrected chi connectivity index (χ3v) is 6.50. The molecule has 2 aromatic rings. The molecule has 6 nitrogen and oxygen atoms in total. The maximum atomic E-state index is 14.1. The molecule has 1 unspecified atom stereocenters. The molecule has 2 heterocycles. The molecule has 1 amide bonds. The van der Waals surface area contributed by atoms with Gasteiger partial charge in [-0.25, -0.2) is 4.39 Å². The number of para-hydroxylation sites is 1. The number of rotatable bonds is 6. The summed E-state index contributed by atoms with van der Waals surface area (Å²) in [4.78, 5) is 18.3. The number of amides is 1. The minimum absolute atomic E-state index is 0.169. The molecule has 0 radical (unpaired) electrons. The number of ether oxygens (including phenoxy) is 2. The number of benzene rings is 2. The van der Waals surface area contributed by atoms with Crippen LogP contribution in [0.5, 0.6) is 11.5 Å². The number of hydrogen-bond acceptors (Lipinski definition) is 4. The van der Waals surface area contributed by atoms with Gasteiger partial charge in [0.25, 0.3) is 5.91 Å². The lowest BCUT2D eigenvalue weighted by Gasteiger charge is -2.36. The van der Waals surface area contributed by atoms with Crippen molar-refractivity contribution in [1.82, 2.24) is 4.90 Å². The highest BCUT2D eigenvalue weighted by molar-refractivity contribution is 5.77. The van der Waals surface area contributed by atoms with Gasteiger partial charge in [0.1, 0.15) is 23.4 Å². The zero-order chi connectivity index (χ0) is 21.8. The Labute approximate surface area is 183 Å². The highest BCUT2D eigenvalue weighted by Gasteiger charge is 2.35. The van der Waals surface area contributed by atoms with E-state index in [0.29, 0.717) is 38.4 Å². The van der Waals surface area contributed by atoms with Crippen LogP contribution in [0.25, 0.3) is 0 Å². The van der Waals surface area contributed by atoms with Gasteiger partial charge >= 0.3 is 0 Å². The van der Waals surface area contributed by atoms with E-state index >= 15 is 0 Å². The van der Waals surface area contributed by atoms with Gasteiger partial charge in [-0.1, -0.05) is 12.1 Å². The first-order valence-corrected chi connectivity index (χ1v) is 10.9. The molecule has 0 spiro atoms. The Kier molecular flexibility index (Phi) is 6.61. The van der Waals surface area contributed by atoms with Gasteiger partial charge < -0.3 is 24.2 Å². The van der Waals surface area contributed by atoms with Crippen LogP contribution in [0.4, 0.5) is 10.1 Å². The Morgan fingerprint density at radius 3 is 2.58 bits per heavy atom. The number of anilines is 1. The molecule has 1 N–H and O–H groups in total. The minimum Gasteiger partial charge on any atom is -0.497 e. The first-order chi connectivity index (χ1) is 15.1. The van der Waals surface area contributed by atoms with Crippen molar-refractivity contribution in [2.75, 3.05) is 58.4 Å². The first kappa shape index (κ1) is 21.4. The van der Waals surface area contributed by atoms with Crippen molar-refractivity contribution in [2.24, 2.45) is 0 Å². The molecular weight excluding hydrogens is 397 g/mol. The van der Waals surface area contributed by atoms with Crippen molar-refractivity contribution in [3.63, 3.8) is 0 Å². The third kappa shape index (κ3) is 4.61. The maximum absolute atomic E-state index is 14.1. The van der Waals surface area contributed by atoms with Gasteiger partial charge in [-0.05, 0) is 24.3 Å². The molecule has 0 bridgehead atoms. The number of methoxy groups -OCH3 is 2. The summed E-state index contributed by atoms with van der Waals surface area (Å²) in [7, 11) is 3.32. The number of likely N-dealkylation sites (tertiary alicyclic amines) is 1. The van der Waals surface area contributed by atoms with Crippen LogP contribution in [0.15, 0.2) is 42.5 Å². The number of halogens is 1. The van der Waals surface area contributed by atoms with E-state index < -0.39 is 0 Å². The van der Waals surface area contributed by atoms with Gasteiger partial charge in [0.15, 0.2) is 6.54 Å². The summed E-state index contributed by atoms with van der Waals surface area (Å²) in [6.45, 7) is 3.99. The quantitative estimate of drug-likeness (QED) is 0.764. The standard InChI is InChI=1S/C24H30FN3O3/c1-30-18-9-10-19(23(16-18)31-2)21-8-5-11-28(21)17-24(29)27-14-12-26(13-15-27)22-7-4-3-6-20(22)25/h3-4,6-7,9-10,16,21H,5,8,11-15,17H2,1-2H3/p+1/t21-/m1/s1. The molecule has 4 rings (SSSR count). The second-order valence-corrected chi connectivity index (χ2v) is 8.21. The van der Waals surface area contributed by atoms with Crippen LogP contribution in [0.1, 0.15) is 24.4 Å². The molecule has 0 aliphatic carbocycles. The summed E-state index contributed by atoms with van der Waals surface area (Å²) >= 11 is 0. The van der Waals surface area contributed by atoms with Gasteiger partial charge in [0.2, 0.25) is 0 Å². The molecule has 2 atom stereocenters. The average Bonchev–Trinajstić information content (AvgIpc) is 3.26. The van der Waals surface area contributed by atoms with Gasteiger partial charge in [0.05, 0.1) is 32.0 Å². The molecule has 2 saturated heterocycles. The number of quaternary nitrogens is 1. The van der Waals surface area contributed by atoms with Crippen molar-refractivity contribution in [3.8, 4) is 11.5 Å². The molecule has 31 heavy (non-hydrogen) atoms. The van der Waals surface area contributed by atoms with E-state index in [9.17, 15) is 9.18 Å². The summed E-state index contributed by atoms with van der Waals surface area (Å²) in [5.41, 5.74) is 1.75. The third-order valence-electron chi connectivity index (χ3n) is 6.50. The molecule has 2 aliphatic rings. The highest BCUT2D eigenvalue weighted by Crippen LogP contribution is 2.31. The van der Waals surface area contributed by atoms with Crippen molar-refractivity contribution >= 4 is 11.6 Å². The first-order valence-electron chi connectivity index (χ1n) is 10.9. The van der Waals surface area contributed by atoms with Crippen molar-refractivity contribution in [3.05, 3.63) is 53.8 Å². The summed E-state index contributed by atoms with van der Waals surface area (Å²) in [6, 6.07) is 13.0. The van der Waals surface area contributed by atoms with Gasteiger partial charge in [-0.3, -0.25) is 4.79 Å². The summed E-state index contributed by atoms with van der Waals surface area (Å²) in [5, 5.41) is 0. The Bertz CT molecular complexity index is 915. The molecule has 0 aromatic heterocycles. The zero-order valence-electron chi connectivity index (χ0n) is 18.3. The predicted molar refractivity (Wildman–Crippen MR) is 117 cm³/mol. The molecule has 0 saturated carbocycles. The molecule has 2 fully saturated rings. The lowest BCUT2D eigenvalue weighted by atomic mass is 10.0. The van der Waals surface area contributed by atoms with E-state index in [1.807, 2.05) is 28.0 Å². The zero-order valence-corrected chi connectivity index (χ0v) is 18.3. The van der Waals surface area contributed by atoms with Crippen LogP contribution in [-0.2, 0) is 4.79 Å². The Morgan fingerprint density at radius 2 is 1.87 bits per heavy atom. The van der Waals surface area contributed by atoms with E-state index in [1.54, 1.807) is 26.4 Å². The average molecular weight is 429 g/mol. The number of hydrogen-bond donors (Lipinski definition) is 1. The summed E-state index contributed by atoms with van der Waals surface area (Å²) < 4.78 is 25.0. The van der Waals surface area contributed by atoms with E-state index in [-0.39, 0.29) is 17.8 Å². The Morgan fingerprint density at radius 1 is 1.10 bits per heavy atom. The maximum Gasteiger partial charge on any atom is 0.277 e. The van der Waals surface area contributed by atoms with Crippen molar-refractivity contribution in [2.45, 2.75) is 18.9 Å². The largest absolute Gasteiger partial charge is 0.497 e. The van der Waals surface area contributed by atoms with Crippen LogP contribution < -0.4 is 19.3 Å². The second kappa shape index (κ2) is 9.56. The Hall–Kier alpha value is -2.80. The monoisotopic (exact) mass is 428 g/mol. The van der Waals surface area contributed by atoms with Crippen LogP contribution in [-0.4, -0.2) is 64.3 Å². The van der Waals surface area contributed by atoms with E-state index in [1.165, 1.54) is 11.0 Å². The van der Waals surface area contributed by atoms with Crippen LogP contribution in [0.3, 0.4) is 0 Å². The predicted octanol–water partition coefficient (Wildman–Crippen LogP) is 1.91. The van der Waals surface area contributed by atoms with Gasteiger partial charge in [-0.2, -0.15) is 0 Å². The topological polar surface area (TPSA) is 46.5 Å². The normalized spacial score (nSPS) is 21.3. The lowest BCUT2D eigenvalue weighted by Crippen LogP contribution is -3.11. The number of nitrogens with zero attached hydrogens (tertiary/aromatic N) is 2. The molecule has 7 heteroatoms. The fourth-order valence-electron chi connectivity index (χ4n) is 4.82. The van der Waals surface area contributed by atoms with Crippen LogP contribution in [0.2, 0.25) is 0 Å². The Balaban J connectivity index is 1.38. The van der Waals surface area contributed by atoms with Gasteiger partial charge in [-0.15, -0.1) is 0 Å². The fraction of sp³-hybridized carbons (Fsp3) is 0.458. The minimum atomic E-state index is -0.208. The smallest absolute Gasteiger partial charge is 0.277 e. The van der Waals surface area contributed by atoms with Crippen molar-refractivity contribution < 1.29 is 23.6 Å². The van der Waals surface area contributed by atoms with Crippen molar-refractivity contribution in [1.29, 1.82) is 0 Å². The molecule has 166 valence electrons. The number of nitrogens with one attached hydrogen (secondary N) is 1. The number of carbonyl (C=O) groups excluding carboxylic acids is 1. The molecule has 2 aliphatic heterocycles. The summed E-state index contributed by atoms with van der Waals surface area (Å²) in [5.74, 6) is 1.54. The number of piperazine rings is 1. The highest BCUT2D eigenvalue weighted by atomic mass is 19.1. The SMILES string of the molecule is COc1ccc([C@H]2CCC[NH+]2CC(=O)N2CCN(c3ccccc3F)CC2)c(OC)c1. The lowest BCUT2D eigenvalue weighted by molar-refractivity contribution is -0.910. The van der Waals surface area contributed by atoms with E-state index in [0.717, 1.165) is 36.4 Å². The summed E-state index contributed by atoms with van der Waals surface area (Å²) in [6.07, 6.45) is 2.12. The second-order valence-electron chi connectivity index (χ2n) is 8.21. The fourth-order valence-corrected chi connectivity index (χ4v) is 4.82. The number of carbonyl (C=O) groups is 1. The molecule has 2 aromatic carbocycles. The van der Waals surface area contributed by atoms with Crippen LogP contribution in [0, 0.1) is 5.82 Å².